The molecule has 0 aliphatic carbocycles. The van der Waals surface area contributed by atoms with Gasteiger partial charge in [0.05, 0.1) is 27.3 Å². The zero-order valence-electron chi connectivity index (χ0n) is 18.3. The molecule has 10 heteroatoms. The smallest absolute Gasteiger partial charge is 0.237 e. The zero-order chi connectivity index (χ0) is 23.6. The van der Waals surface area contributed by atoms with Crippen molar-refractivity contribution in [2.45, 2.75) is 34.8 Å². The molecule has 2 heterocycles. The van der Waals surface area contributed by atoms with Crippen LogP contribution in [0.1, 0.15) is 19.8 Å². The third kappa shape index (κ3) is 5.16. The molecule has 0 unspecified atom stereocenters. The zero-order valence-corrected chi connectivity index (χ0v) is 19.9. The second-order valence-corrected chi connectivity index (χ2v) is 11.4. The number of sulfone groups is 1. The highest BCUT2D eigenvalue weighted by Gasteiger charge is 2.28. The molecular weight excluding hydrogens is 465 g/mol. The van der Waals surface area contributed by atoms with E-state index in [2.05, 4.69) is 5.32 Å². The lowest BCUT2D eigenvalue weighted by molar-refractivity contribution is -0.131. The lowest BCUT2D eigenvalue weighted by Gasteiger charge is -2.36. The van der Waals surface area contributed by atoms with Gasteiger partial charge in [0.2, 0.25) is 11.8 Å². The Morgan fingerprint density at radius 2 is 1.88 bits per heavy atom. The summed E-state index contributed by atoms with van der Waals surface area (Å²) < 4.78 is 39.7. The van der Waals surface area contributed by atoms with E-state index in [-0.39, 0.29) is 40.0 Å². The Kier molecular flexibility index (Phi) is 6.94. The molecule has 1 saturated heterocycles. The van der Waals surface area contributed by atoms with Crippen LogP contribution in [0, 0.1) is 5.82 Å². The van der Waals surface area contributed by atoms with Gasteiger partial charge in [-0.15, -0.1) is 11.8 Å². The molecule has 2 aliphatic heterocycles. The summed E-state index contributed by atoms with van der Waals surface area (Å²) in [4.78, 5) is 29.2. The van der Waals surface area contributed by atoms with Crippen molar-refractivity contribution in [3.05, 3.63) is 48.3 Å². The van der Waals surface area contributed by atoms with Crippen molar-refractivity contribution in [1.82, 2.24) is 4.90 Å². The summed E-state index contributed by atoms with van der Waals surface area (Å²) in [5.74, 6) is -0.974. The fraction of sp³-hybridized carbons (Fsp3) is 0.391. The van der Waals surface area contributed by atoms with Crippen LogP contribution in [0.4, 0.5) is 15.8 Å². The molecule has 176 valence electrons. The average Bonchev–Trinajstić information content (AvgIpc) is 2.82. The molecule has 33 heavy (non-hydrogen) atoms. The van der Waals surface area contributed by atoms with Gasteiger partial charge in [-0.3, -0.25) is 9.59 Å². The molecule has 1 fully saturated rings. The van der Waals surface area contributed by atoms with Crippen LogP contribution in [0.25, 0.3) is 0 Å². The van der Waals surface area contributed by atoms with E-state index in [1.807, 2.05) is 11.8 Å². The fourth-order valence-electron chi connectivity index (χ4n) is 3.99. The summed E-state index contributed by atoms with van der Waals surface area (Å²) >= 11 is 1.43. The van der Waals surface area contributed by atoms with E-state index in [1.54, 1.807) is 29.2 Å². The summed E-state index contributed by atoms with van der Waals surface area (Å²) in [5, 5.41) is 2.60. The summed E-state index contributed by atoms with van der Waals surface area (Å²) in [6, 6.07) is 11.2. The molecule has 2 amide bonds. The maximum atomic E-state index is 14.0. The Morgan fingerprint density at radius 3 is 2.58 bits per heavy atom. The number of piperazine rings is 1. The number of rotatable bonds is 6. The van der Waals surface area contributed by atoms with Crippen molar-refractivity contribution in [3.8, 4) is 0 Å². The summed E-state index contributed by atoms with van der Waals surface area (Å²) in [7, 11) is -3.69. The SMILES string of the molecule is CC[C@H]1Sc2ccc(S(=O)(=O)CCC(=O)N3CCN(c4ccccc4F)CC3)cc2NC1=O. The quantitative estimate of drug-likeness (QED) is 0.668. The second kappa shape index (κ2) is 9.72. The van der Waals surface area contributed by atoms with Crippen molar-refractivity contribution in [2.75, 3.05) is 42.1 Å². The Bertz CT molecular complexity index is 1160. The van der Waals surface area contributed by atoms with Crippen molar-refractivity contribution >= 4 is 44.8 Å². The summed E-state index contributed by atoms with van der Waals surface area (Å²) in [5.41, 5.74) is 1.00. The van der Waals surface area contributed by atoms with E-state index in [0.29, 0.717) is 44.0 Å². The molecule has 1 atom stereocenters. The predicted molar refractivity (Wildman–Crippen MR) is 127 cm³/mol. The first kappa shape index (κ1) is 23.6. The third-order valence-corrected chi connectivity index (χ3v) is 9.07. The van der Waals surface area contributed by atoms with Gasteiger partial charge in [-0.1, -0.05) is 19.1 Å². The number of benzene rings is 2. The number of nitrogens with zero attached hydrogens (tertiary/aromatic N) is 2. The highest BCUT2D eigenvalue weighted by atomic mass is 32.2. The van der Waals surface area contributed by atoms with Gasteiger partial charge in [-0.05, 0) is 36.8 Å². The number of thioether (sulfide) groups is 1. The lowest BCUT2D eigenvalue weighted by atomic mass is 10.2. The monoisotopic (exact) mass is 491 g/mol. The molecule has 0 bridgehead atoms. The van der Waals surface area contributed by atoms with Crippen LogP contribution in [-0.4, -0.2) is 62.3 Å². The second-order valence-electron chi connectivity index (χ2n) is 8.05. The number of halogens is 1. The average molecular weight is 492 g/mol. The molecule has 0 spiro atoms. The lowest BCUT2D eigenvalue weighted by Crippen LogP contribution is -2.49. The van der Waals surface area contributed by atoms with Crippen LogP contribution in [0.3, 0.4) is 0 Å². The van der Waals surface area contributed by atoms with E-state index in [1.165, 1.54) is 30.0 Å². The number of hydrogen-bond acceptors (Lipinski definition) is 6. The van der Waals surface area contributed by atoms with Gasteiger partial charge in [0, 0.05) is 37.5 Å². The Morgan fingerprint density at radius 1 is 1.15 bits per heavy atom. The van der Waals surface area contributed by atoms with Crippen LogP contribution in [-0.2, 0) is 19.4 Å². The molecule has 4 rings (SSSR count). The van der Waals surface area contributed by atoms with Crippen LogP contribution in [0.15, 0.2) is 52.3 Å². The van der Waals surface area contributed by atoms with Gasteiger partial charge >= 0.3 is 0 Å². The maximum Gasteiger partial charge on any atom is 0.237 e. The number of amides is 2. The molecule has 0 aromatic heterocycles. The molecule has 2 aromatic rings. The van der Waals surface area contributed by atoms with Crippen LogP contribution < -0.4 is 10.2 Å². The summed E-state index contributed by atoms with van der Waals surface area (Å²) in [6.07, 6.45) is 0.560. The van der Waals surface area contributed by atoms with Gasteiger partial charge in [0.25, 0.3) is 0 Å². The predicted octanol–water partition coefficient (Wildman–Crippen LogP) is 3.16. The van der Waals surface area contributed by atoms with Gasteiger partial charge in [-0.2, -0.15) is 0 Å². The maximum absolute atomic E-state index is 14.0. The Balaban J connectivity index is 1.34. The highest BCUT2D eigenvalue weighted by molar-refractivity contribution is 8.01. The number of hydrogen-bond donors (Lipinski definition) is 1. The minimum Gasteiger partial charge on any atom is -0.366 e. The number of anilines is 2. The third-order valence-electron chi connectivity index (χ3n) is 5.91. The van der Waals surface area contributed by atoms with E-state index in [0.717, 1.165) is 4.90 Å². The van der Waals surface area contributed by atoms with Gasteiger partial charge in [0.1, 0.15) is 5.82 Å². The minimum absolute atomic E-state index is 0.0919. The number of nitrogens with one attached hydrogen (secondary N) is 1. The Hall–Kier alpha value is -2.59. The molecular formula is C23H26FN3O4S2. The number of carbonyl (C=O) groups is 2. The minimum atomic E-state index is -3.69. The van der Waals surface area contributed by atoms with E-state index < -0.39 is 9.84 Å². The van der Waals surface area contributed by atoms with Gasteiger partial charge < -0.3 is 15.1 Å². The fourth-order valence-corrected chi connectivity index (χ4v) is 6.27. The number of fused-ring (bicyclic) bond motifs is 1. The number of carbonyl (C=O) groups excluding carboxylic acids is 2. The normalized spacial score (nSPS) is 18.6. The molecule has 2 aliphatic rings. The van der Waals surface area contributed by atoms with Crippen molar-refractivity contribution in [3.63, 3.8) is 0 Å². The molecule has 2 aromatic carbocycles. The largest absolute Gasteiger partial charge is 0.366 e. The van der Waals surface area contributed by atoms with E-state index >= 15 is 0 Å². The molecule has 1 N–H and O–H groups in total. The Labute approximate surface area is 197 Å². The van der Waals surface area contributed by atoms with E-state index in [4.69, 9.17) is 0 Å². The molecule has 0 radical (unpaired) electrons. The van der Waals surface area contributed by atoms with Crippen LogP contribution in [0.2, 0.25) is 0 Å². The van der Waals surface area contributed by atoms with E-state index in [9.17, 15) is 22.4 Å². The number of para-hydroxylation sites is 1. The first-order chi connectivity index (χ1) is 15.8. The van der Waals surface area contributed by atoms with Crippen molar-refractivity contribution in [1.29, 1.82) is 0 Å². The van der Waals surface area contributed by atoms with Crippen LogP contribution in [0.5, 0.6) is 0 Å². The van der Waals surface area contributed by atoms with Gasteiger partial charge in [0.15, 0.2) is 9.84 Å². The molecule has 0 saturated carbocycles. The summed E-state index contributed by atoms with van der Waals surface area (Å²) in [6.45, 7) is 3.72. The van der Waals surface area contributed by atoms with Crippen LogP contribution >= 0.6 is 11.8 Å². The van der Waals surface area contributed by atoms with Crippen molar-refractivity contribution < 1.29 is 22.4 Å². The standard InChI is InChI=1S/C23H26FN3O4S2/c1-2-20-23(29)25-18-15-16(7-8-21(18)32-20)33(30,31)14-9-22(28)27-12-10-26(11-13-27)19-6-4-3-5-17(19)24/h3-8,15,20H,2,9-14H2,1H3,(H,25,29)/t20-/m1/s1. The van der Waals surface area contributed by atoms with Crippen molar-refractivity contribution in [2.24, 2.45) is 0 Å². The molecule has 7 nitrogen and oxygen atoms in total. The highest BCUT2D eigenvalue weighted by Crippen LogP contribution is 2.38. The van der Waals surface area contributed by atoms with Gasteiger partial charge in [-0.25, -0.2) is 12.8 Å². The first-order valence-corrected chi connectivity index (χ1v) is 13.4. The topological polar surface area (TPSA) is 86.8 Å². The first-order valence-electron chi connectivity index (χ1n) is 10.9.